The number of carbonyl (C=O) groups excluding carboxylic acids is 1. The van der Waals surface area contributed by atoms with Gasteiger partial charge in [0.1, 0.15) is 5.58 Å². The van der Waals surface area contributed by atoms with Gasteiger partial charge in [-0.05, 0) is 25.4 Å². The number of carbonyl (C=O) groups is 1. The van der Waals surface area contributed by atoms with E-state index in [1.807, 2.05) is 31.2 Å². The highest BCUT2D eigenvalue weighted by molar-refractivity contribution is 6.08. The molecule has 4 nitrogen and oxygen atoms in total. The third kappa shape index (κ3) is 3.02. The van der Waals surface area contributed by atoms with Crippen molar-refractivity contribution in [2.24, 2.45) is 0 Å². The molecule has 0 unspecified atom stereocenters. The Morgan fingerprint density at radius 3 is 2.58 bits per heavy atom. The first-order chi connectivity index (χ1) is 11.7. The maximum Gasteiger partial charge on any atom is 0.287 e. The number of nitrogens with zero attached hydrogens (tertiary/aromatic N) is 1. The van der Waals surface area contributed by atoms with Crippen molar-refractivity contribution in [1.82, 2.24) is 10.2 Å². The molecule has 0 saturated carbocycles. The van der Waals surface area contributed by atoms with Crippen LogP contribution in [0.4, 0.5) is 0 Å². The maximum absolute atomic E-state index is 12.5. The quantitative estimate of drug-likeness (QED) is 0.746. The number of likely N-dealkylation sites (N-methyl/N-ethyl adjacent to an activating group) is 1. The molecule has 0 aliphatic rings. The minimum atomic E-state index is -0.139. The van der Waals surface area contributed by atoms with E-state index in [0.29, 0.717) is 12.3 Å². The van der Waals surface area contributed by atoms with Crippen LogP contribution in [0.1, 0.15) is 30.0 Å². The summed E-state index contributed by atoms with van der Waals surface area (Å²) in [5, 5.41) is 6.14. The van der Waals surface area contributed by atoms with Crippen molar-refractivity contribution in [2.75, 3.05) is 26.2 Å². The number of rotatable bonds is 6. The molecule has 3 rings (SSSR count). The van der Waals surface area contributed by atoms with E-state index in [9.17, 15) is 4.79 Å². The van der Waals surface area contributed by atoms with E-state index in [1.54, 1.807) is 0 Å². The summed E-state index contributed by atoms with van der Waals surface area (Å²) in [6.45, 7) is 9.64. The Bertz CT molecular complexity index is 863. The summed E-state index contributed by atoms with van der Waals surface area (Å²) in [4.78, 5) is 14.8. The summed E-state index contributed by atoms with van der Waals surface area (Å²) in [5.74, 6) is 0.279. The number of nitrogens with one attached hydrogen (secondary N) is 1. The summed E-state index contributed by atoms with van der Waals surface area (Å²) >= 11 is 0. The van der Waals surface area contributed by atoms with Crippen LogP contribution in [-0.4, -0.2) is 37.0 Å². The van der Waals surface area contributed by atoms with Crippen LogP contribution in [0.3, 0.4) is 0 Å². The van der Waals surface area contributed by atoms with Crippen LogP contribution in [0, 0.1) is 6.92 Å². The van der Waals surface area contributed by atoms with Crippen LogP contribution in [0.5, 0.6) is 0 Å². The Kier molecular flexibility index (Phi) is 4.86. The predicted molar refractivity (Wildman–Crippen MR) is 98.6 cm³/mol. The summed E-state index contributed by atoms with van der Waals surface area (Å²) in [7, 11) is 0. The van der Waals surface area contributed by atoms with E-state index in [1.165, 1.54) is 0 Å². The molecular formula is C20H24N2O2. The lowest BCUT2D eigenvalue weighted by Crippen LogP contribution is -2.34. The van der Waals surface area contributed by atoms with E-state index in [2.05, 4.69) is 36.2 Å². The number of furan rings is 1. The molecule has 4 heteroatoms. The molecule has 2 aromatic carbocycles. The van der Waals surface area contributed by atoms with Gasteiger partial charge in [-0.15, -0.1) is 0 Å². The molecule has 3 aromatic rings. The van der Waals surface area contributed by atoms with Gasteiger partial charge in [-0.2, -0.15) is 0 Å². The Morgan fingerprint density at radius 1 is 1.08 bits per heavy atom. The van der Waals surface area contributed by atoms with Crippen LogP contribution < -0.4 is 5.32 Å². The van der Waals surface area contributed by atoms with Gasteiger partial charge in [0.2, 0.25) is 0 Å². The Labute approximate surface area is 142 Å². The topological polar surface area (TPSA) is 45.5 Å². The molecule has 0 saturated heterocycles. The van der Waals surface area contributed by atoms with Crippen molar-refractivity contribution >= 4 is 27.6 Å². The third-order valence-electron chi connectivity index (χ3n) is 4.64. The molecule has 0 spiro atoms. The van der Waals surface area contributed by atoms with Gasteiger partial charge in [-0.25, -0.2) is 0 Å². The van der Waals surface area contributed by atoms with Crippen molar-refractivity contribution in [3.63, 3.8) is 0 Å². The van der Waals surface area contributed by atoms with Crippen LogP contribution in [0.25, 0.3) is 21.7 Å². The van der Waals surface area contributed by atoms with Gasteiger partial charge >= 0.3 is 0 Å². The van der Waals surface area contributed by atoms with E-state index in [4.69, 9.17) is 4.42 Å². The minimum absolute atomic E-state index is 0.139. The Hall–Kier alpha value is -2.33. The summed E-state index contributed by atoms with van der Waals surface area (Å²) in [5.41, 5.74) is 1.69. The van der Waals surface area contributed by atoms with Crippen molar-refractivity contribution in [3.8, 4) is 0 Å². The molecule has 0 radical (unpaired) electrons. The van der Waals surface area contributed by atoms with Gasteiger partial charge in [0.15, 0.2) is 5.76 Å². The molecule has 1 amide bonds. The smallest absolute Gasteiger partial charge is 0.287 e. The molecule has 0 atom stereocenters. The normalized spacial score (nSPS) is 11.5. The molecule has 0 fully saturated rings. The van der Waals surface area contributed by atoms with Crippen molar-refractivity contribution in [1.29, 1.82) is 0 Å². The van der Waals surface area contributed by atoms with Crippen LogP contribution in [0.15, 0.2) is 40.8 Å². The largest absolute Gasteiger partial charge is 0.450 e. The van der Waals surface area contributed by atoms with Crippen LogP contribution >= 0.6 is 0 Å². The zero-order valence-electron chi connectivity index (χ0n) is 14.6. The molecule has 1 aromatic heterocycles. The molecule has 24 heavy (non-hydrogen) atoms. The van der Waals surface area contributed by atoms with E-state index < -0.39 is 0 Å². The highest BCUT2D eigenvalue weighted by Crippen LogP contribution is 2.31. The standard InChI is InChI=1S/C20H24N2O2/c1-4-22(5-2)13-12-21-20(23)18-14(3)16-11-10-15-8-6-7-9-17(15)19(16)24-18/h6-11H,4-5,12-13H2,1-3H3,(H,21,23). The van der Waals surface area contributed by atoms with E-state index >= 15 is 0 Å². The fraction of sp³-hybridized carbons (Fsp3) is 0.350. The predicted octanol–water partition coefficient (Wildman–Crippen LogP) is 3.97. The second-order valence-corrected chi connectivity index (χ2v) is 6.00. The zero-order valence-corrected chi connectivity index (χ0v) is 14.6. The third-order valence-corrected chi connectivity index (χ3v) is 4.64. The summed E-state index contributed by atoms with van der Waals surface area (Å²) < 4.78 is 5.96. The maximum atomic E-state index is 12.5. The number of hydrogen-bond acceptors (Lipinski definition) is 3. The monoisotopic (exact) mass is 324 g/mol. The zero-order chi connectivity index (χ0) is 17.1. The lowest BCUT2D eigenvalue weighted by atomic mass is 10.1. The fourth-order valence-electron chi connectivity index (χ4n) is 3.11. The first kappa shape index (κ1) is 16.5. The number of hydrogen-bond donors (Lipinski definition) is 1. The number of benzene rings is 2. The van der Waals surface area contributed by atoms with Gasteiger partial charge in [0, 0.05) is 29.4 Å². The van der Waals surface area contributed by atoms with Crippen LogP contribution in [-0.2, 0) is 0 Å². The fourth-order valence-corrected chi connectivity index (χ4v) is 3.11. The average Bonchev–Trinajstić information content (AvgIpc) is 2.96. The Balaban J connectivity index is 1.85. The van der Waals surface area contributed by atoms with Crippen molar-refractivity contribution in [3.05, 3.63) is 47.7 Å². The van der Waals surface area contributed by atoms with Crippen molar-refractivity contribution < 1.29 is 9.21 Å². The lowest BCUT2D eigenvalue weighted by molar-refractivity contribution is 0.0922. The summed E-state index contributed by atoms with van der Waals surface area (Å²) in [6.07, 6.45) is 0. The molecule has 1 heterocycles. The molecule has 0 bridgehead atoms. The molecule has 0 aliphatic heterocycles. The highest BCUT2D eigenvalue weighted by atomic mass is 16.3. The molecule has 0 aliphatic carbocycles. The van der Waals surface area contributed by atoms with Gasteiger partial charge in [-0.1, -0.05) is 50.2 Å². The van der Waals surface area contributed by atoms with Gasteiger partial charge in [-0.3, -0.25) is 4.79 Å². The van der Waals surface area contributed by atoms with Gasteiger partial charge in [0.25, 0.3) is 5.91 Å². The van der Waals surface area contributed by atoms with Crippen LogP contribution in [0.2, 0.25) is 0 Å². The minimum Gasteiger partial charge on any atom is -0.450 e. The van der Waals surface area contributed by atoms with Crippen molar-refractivity contribution in [2.45, 2.75) is 20.8 Å². The van der Waals surface area contributed by atoms with E-state index in [-0.39, 0.29) is 5.91 Å². The van der Waals surface area contributed by atoms with Gasteiger partial charge in [0.05, 0.1) is 0 Å². The number of fused-ring (bicyclic) bond motifs is 3. The second kappa shape index (κ2) is 7.05. The van der Waals surface area contributed by atoms with E-state index in [0.717, 1.165) is 46.9 Å². The number of aryl methyl sites for hydroxylation is 1. The highest BCUT2D eigenvalue weighted by Gasteiger charge is 2.18. The van der Waals surface area contributed by atoms with Gasteiger partial charge < -0.3 is 14.6 Å². The molecular weight excluding hydrogens is 300 g/mol. The second-order valence-electron chi connectivity index (χ2n) is 6.00. The molecule has 1 N–H and O–H groups in total. The first-order valence-electron chi connectivity index (χ1n) is 8.57. The summed E-state index contributed by atoms with van der Waals surface area (Å²) in [6, 6.07) is 12.2. The average molecular weight is 324 g/mol. The SMILES string of the molecule is CCN(CC)CCNC(=O)c1oc2c(ccc3ccccc32)c1C. The number of amides is 1. The molecule has 126 valence electrons. The lowest BCUT2D eigenvalue weighted by Gasteiger charge is -2.17. The first-order valence-corrected chi connectivity index (χ1v) is 8.57. The Morgan fingerprint density at radius 2 is 1.83 bits per heavy atom.